The standard InChI is InChI=1S/C23H22Cl2N4OS/c24-15-8-9-19(17(25)13-15)28-11-3-7-20(28)22-21(18-6-1-2-10-26-18)27-23(31)29(22)14-16-5-4-12-30-16/h1-3,6-11,13,16,21-22H,4-5,12,14H2,(H,27,31)/t16-,21+,22-/m0/s1. The van der Waals surface area contributed by atoms with E-state index in [2.05, 4.69) is 25.8 Å². The molecule has 2 saturated heterocycles. The van der Waals surface area contributed by atoms with E-state index in [1.807, 2.05) is 48.8 Å². The first-order valence-corrected chi connectivity index (χ1v) is 11.5. The largest absolute Gasteiger partial charge is 0.376 e. The molecule has 0 saturated carbocycles. The van der Waals surface area contributed by atoms with E-state index in [0.717, 1.165) is 43.1 Å². The second-order valence-corrected chi connectivity index (χ2v) is 9.04. The summed E-state index contributed by atoms with van der Waals surface area (Å²) in [6.07, 6.45) is 6.14. The number of benzene rings is 1. The Kier molecular flexibility index (Phi) is 5.89. The topological polar surface area (TPSA) is 42.3 Å². The van der Waals surface area contributed by atoms with Gasteiger partial charge in [0.2, 0.25) is 0 Å². The summed E-state index contributed by atoms with van der Waals surface area (Å²) >= 11 is 18.5. The normalized spacial score (nSPS) is 23.4. The van der Waals surface area contributed by atoms with Crippen LogP contribution in [0.25, 0.3) is 5.69 Å². The van der Waals surface area contributed by atoms with Crippen molar-refractivity contribution in [3.63, 3.8) is 0 Å². The Bertz CT molecular complexity index is 1080. The lowest BCUT2D eigenvalue weighted by molar-refractivity contribution is 0.0836. The van der Waals surface area contributed by atoms with Crippen LogP contribution >= 0.6 is 35.4 Å². The zero-order valence-corrected chi connectivity index (χ0v) is 19.1. The van der Waals surface area contributed by atoms with Crippen molar-refractivity contribution in [2.24, 2.45) is 0 Å². The Morgan fingerprint density at radius 3 is 2.81 bits per heavy atom. The Hall–Kier alpha value is -2.12. The van der Waals surface area contributed by atoms with Crippen LogP contribution < -0.4 is 5.32 Å². The van der Waals surface area contributed by atoms with Crippen LogP contribution in [-0.2, 0) is 4.74 Å². The number of halogens is 2. The molecule has 0 radical (unpaired) electrons. The lowest BCUT2D eigenvalue weighted by atomic mass is 10.0. The first kappa shape index (κ1) is 20.8. The van der Waals surface area contributed by atoms with Gasteiger partial charge in [0, 0.05) is 36.3 Å². The van der Waals surface area contributed by atoms with Crippen molar-refractivity contribution in [2.45, 2.75) is 31.0 Å². The van der Waals surface area contributed by atoms with E-state index < -0.39 is 0 Å². The first-order valence-electron chi connectivity index (χ1n) is 10.3. The van der Waals surface area contributed by atoms with Gasteiger partial charge in [0.05, 0.1) is 34.6 Å². The second-order valence-electron chi connectivity index (χ2n) is 7.81. The molecule has 2 aliphatic heterocycles. The van der Waals surface area contributed by atoms with Gasteiger partial charge in [-0.15, -0.1) is 0 Å². The minimum absolute atomic E-state index is 0.0617. The van der Waals surface area contributed by atoms with Crippen LogP contribution in [-0.4, -0.2) is 38.8 Å². The average Bonchev–Trinajstić information content (AvgIpc) is 3.50. The summed E-state index contributed by atoms with van der Waals surface area (Å²) in [7, 11) is 0. The van der Waals surface area contributed by atoms with Gasteiger partial charge in [-0.05, 0) is 67.5 Å². The number of thiocarbonyl (C=S) groups is 1. The third-order valence-corrected chi connectivity index (χ3v) is 6.76. The Labute approximate surface area is 196 Å². The maximum atomic E-state index is 6.56. The van der Waals surface area contributed by atoms with Crippen LogP contribution in [0.5, 0.6) is 0 Å². The smallest absolute Gasteiger partial charge is 0.170 e. The van der Waals surface area contributed by atoms with Gasteiger partial charge in [-0.3, -0.25) is 4.98 Å². The van der Waals surface area contributed by atoms with Crippen molar-refractivity contribution in [3.05, 3.63) is 82.4 Å². The summed E-state index contributed by atoms with van der Waals surface area (Å²) in [6, 6.07) is 15.5. The first-order chi connectivity index (χ1) is 15.1. The lowest BCUT2D eigenvalue weighted by Crippen LogP contribution is -2.36. The summed E-state index contributed by atoms with van der Waals surface area (Å²) < 4.78 is 8.04. The van der Waals surface area contributed by atoms with Crippen molar-refractivity contribution in [2.75, 3.05) is 13.2 Å². The number of hydrogen-bond donors (Lipinski definition) is 1. The van der Waals surface area contributed by atoms with Crippen molar-refractivity contribution in [1.82, 2.24) is 19.8 Å². The molecule has 3 aromatic rings. The van der Waals surface area contributed by atoms with Crippen molar-refractivity contribution in [3.8, 4) is 5.69 Å². The number of rotatable bonds is 5. The van der Waals surface area contributed by atoms with E-state index in [1.54, 1.807) is 6.07 Å². The molecule has 160 valence electrons. The number of hydrogen-bond acceptors (Lipinski definition) is 3. The van der Waals surface area contributed by atoms with E-state index >= 15 is 0 Å². The minimum Gasteiger partial charge on any atom is -0.376 e. The fourth-order valence-corrected chi connectivity index (χ4v) is 5.28. The number of ether oxygens (including phenoxy) is 1. The molecule has 2 aliphatic rings. The van der Waals surface area contributed by atoms with Gasteiger partial charge in [0.1, 0.15) is 0 Å². The van der Waals surface area contributed by atoms with Crippen LogP contribution in [0.2, 0.25) is 10.0 Å². The van der Waals surface area contributed by atoms with Crippen LogP contribution in [0.15, 0.2) is 60.9 Å². The van der Waals surface area contributed by atoms with Crippen LogP contribution in [0.3, 0.4) is 0 Å². The highest BCUT2D eigenvalue weighted by Crippen LogP contribution is 2.41. The molecule has 0 bridgehead atoms. The molecule has 8 heteroatoms. The SMILES string of the molecule is S=C1N[C@H](c2ccccn2)[C@H](c2cccn2-c2ccc(Cl)cc2Cl)N1C[C@@H]1CCCO1. The van der Waals surface area contributed by atoms with E-state index in [9.17, 15) is 0 Å². The lowest BCUT2D eigenvalue weighted by Gasteiger charge is -2.30. The summed E-state index contributed by atoms with van der Waals surface area (Å²) in [5, 5.41) is 5.43. The molecule has 0 unspecified atom stereocenters. The van der Waals surface area contributed by atoms with Crippen molar-refractivity contribution in [1.29, 1.82) is 0 Å². The zero-order valence-electron chi connectivity index (χ0n) is 16.7. The molecule has 0 amide bonds. The summed E-state index contributed by atoms with van der Waals surface area (Å²) in [5.74, 6) is 0. The van der Waals surface area contributed by atoms with Crippen molar-refractivity contribution >= 4 is 40.5 Å². The van der Waals surface area contributed by atoms with Gasteiger partial charge in [0.25, 0.3) is 0 Å². The van der Waals surface area contributed by atoms with Crippen LogP contribution in [0, 0.1) is 0 Å². The molecule has 2 fully saturated rings. The molecule has 31 heavy (non-hydrogen) atoms. The summed E-state index contributed by atoms with van der Waals surface area (Å²) in [6.45, 7) is 1.54. The molecular weight excluding hydrogens is 451 g/mol. The molecule has 0 spiro atoms. The Morgan fingerprint density at radius 1 is 1.16 bits per heavy atom. The predicted octanol–water partition coefficient (Wildman–Crippen LogP) is 5.33. The van der Waals surface area contributed by atoms with Crippen LogP contribution in [0.1, 0.15) is 36.3 Å². The van der Waals surface area contributed by atoms with E-state index in [1.165, 1.54) is 0 Å². The van der Waals surface area contributed by atoms with Crippen LogP contribution in [0.4, 0.5) is 0 Å². The highest BCUT2D eigenvalue weighted by atomic mass is 35.5. The van der Waals surface area contributed by atoms with Gasteiger partial charge in [-0.1, -0.05) is 29.3 Å². The minimum atomic E-state index is -0.0881. The van der Waals surface area contributed by atoms with Gasteiger partial charge < -0.3 is 19.5 Å². The monoisotopic (exact) mass is 472 g/mol. The average molecular weight is 473 g/mol. The summed E-state index contributed by atoms with van der Waals surface area (Å²) in [4.78, 5) is 6.86. The number of aromatic nitrogens is 2. The number of nitrogens with zero attached hydrogens (tertiary/aromatic N) is 3. The van der Waals surface area contributed by atoms with Gasteiger partial charge in [0.15, 0.2) is 5.11 Å². The highest BCUT2D eigenvalue weighted by Gasteiger charge is 2.42. The molecule has 3 atom stereocenters. The maximum absolute atomic E-state index is 6.56. The Morgan fingerprint density at radius 2 is 2.06 bits per heavy atom. The van der Waals surface area contributed by atoms with Gasteiger partial charge in [-0.25, -0.2) is 0 Å². The molecule has 1 aromatic carbocycles. The van der Waals surface area contributed by atoms with E-state index in [-0.39, 0.29) is 18.2 Å². The molecular formula is C23H22Cl2N4OS. The van der Waals surface area contributed by atoms with E-state index in [4.69, 9.17) is 40.2 Å². The number of nitrogens with one attached hydrogen (secondary N) is 1. The van der Waals surface area contributed by atoms with Gasteiger partial charge >= 0.3 is 0 Å². The quantitative estimate of drug-likeness (QED) is 0.508. The molecule has 4 heterocycles. The van der Waals surface area contributed by atoms with E-state index in [0.29, 0.717) is 15.2 Å². The fraction of sp³-hybridized carbons (Fsp3) is 0.304. The van der Waals surface area contributed by atoms with Crippen molar-refractivity contribution < 1.29 is 4.74 Å². The molecule has 5 nitrogen and oxygen atoms in total. The van der Waals surface area contributed by atoms with Gasteiger partial charge in [-0.2, -0.15) is 0 Å². The molecule has 5 rings (SSSR count). The second kappa shape index (κ2) is 8.79. The molecule has 2 aromatic heterocycles. The zero-order chi connectivity index (χ0) is 21.4. The Balaban J connectivity index is 1.58. The summed E-state index contributed by atoms with van der Waals surface area (Å²) in [5.41, 5.74) is 2.89. The molecule has 0 aliphatic carbocycles. The maximum Gasteiger partial charge on any atom is 0.170 e. The predicted molar refractivity (Wildman–Crippen MR) is 127 cm³/mol. The third kappa shape index (κ3) is 4.05. The number of pyridine rings is 1. The third-order valence-electron chi connectivity index (χ3n) is 5.87. The molecule has 1 N–H and O–H groups in total. The fourth-order valence-electron chi connectivity index (χ4n) is 4.46. The highest BCUT2D eigenvalue weighted by molar-refractivity contribution is 7.80.